The van der Waals surface area contributed by atoms with Gasteiger partial charge in [-0.05, 0) is 136 Å². The molecule has 1 nitrogen and oxygen atoms in total. The first kappa shape index (κ1) is 39.6. The molecular formula is C65H49NSi. The van der Waals surface area contributed by atoms with Gasteiger partial charge in [0.2, 0.25) is 0 Å². The molecule has 0 amide bonds. The molecule has 1 heterocycles. The van der Waals surface area contributed by atoms with E-state index in [9.17, 15) is 0 Å². The summed E-state index contributed by atoms with van der Waals surface area (Å²) in [7, 11) is -2.81. The molecule has 2 aliphatic carbocycles. The third kappa shape index (κ3) is 5.54. The van der Waals surface area contributed by atoms with Gasteiger partial charge in [0.15, 0.2) is 8.07 Å². The minimum Gasteiger partial charge on any atom is -0.310 e. The highest BCUT2D eigenvalue weighted by atomic mass is 28.3. The molecule has 2 heteroatoms. The fraction of sp³-hybridized carbons (Fsp3) is 0.0769. The summed E-state index contributed by atoms with van der Waals surface area (Å²) in [5, 5.41) is 5.69. The number of hydrogen-bond donors (Lipinski definition) is 0. The monoisotopic (exact) mass is 871 g/mol. The van der Waals surface area contributed by atoms with E-state index in [1.807, 2.05) is 0 Å². The van der Waals surface area contributed by atoms with Crippen molar-refractivity contribution in [2.75, 3.05) is 4.90 Å². The zero-order chi connectivity index (χ0) is 44.9. The van der Waals surface area contributed by atoms with Crippen molar-refractivity contribution in [2.24, 2.45) is 0 Å². The molecule has 0 aromatic heterocycles. The molecule has 0 saturated carbocycles. The molecule has 0 fully saturated rings. The Morgan fingerprint density at radius 3 is 1.46 bits per heavy atom. The van der Waals surface area contributed by atoms with Crippen molar-refractivity contribution >= 4 is 45.9 Å². The Bertz CT molecular complexity index is 3490. The van der Waals surface area contributed by atoms with Crippen molar-refractivity contribution in [3.05, 3.63) is 282 Å². The Labute approximate surface area is 395 Å². The third-order valence-corrected chi connectivity index (χ3v) is 20.3. The van der Waals surface area contributed by atoms with Crippen LogP contribution < -0.4 is 25.6 Å². The van der Waals surface area contributed by atoms with E-state index >= 15 is 0 Å². The van der Waals surface area contributed by atoms with Crippen molar-refractivity contribution in [1.82, 2.24) is 0 Å². The summed E-state index contributed by atoms with van der Waals surface area (Å²) in [5.41, 5.74) is 19.8. The van der Waals surface area contributed by atoms with E-state index in [2.05, 4.69) is 268 Å². The Balaban J connectivity index is 1.09. The van der Waals surface area contributed by atoms with Crippen LogP contribution in [-0.2, 0) is 10.8 Å². The van der Waals surface area contributed by atoms with Crippen LogP contribution in [0.4, 0.5) is 17.1 Å². The maximum absolute atomic E-state index is 2.81. The summed E-state index contributed by atoms with van der Waals surface area (Å²) in [6, 6.07) is 92.2. The van der Waals surface area contributed by atoms with E-state index in [4.69, 9.17) is 0 Å². The predicted octanol–water partition coefficient (Wildman–Crippen LogP) is 13.5. The number of nitrogens with zero attached hydrogens (tertiary/aromatic N) is 1. The van der Waals surface area contributed by atoms with Gasteiger partial charge in [-0.15, -0.1) is 0 Å². The molecular weight excluding hydrogens is 823 g/mol. The Morgan fingerprint density at radius 1 is 0.328 bits per heavy atom. The SMILES string of the molecule is Cc1cc(N(c2cccc(C3(c4ccccc4)c4ccccc4-c4ccccc43)c2)c2ccc3c(c2)C(C)(C)c2ccccc2-3)cc([Si]2(c3ccccc3)c3ccccc3-c3ccccc32)c1. The molecule has 0 unspecified atom stereocenters. The van der Waals surface area contributed by atoms with Crippen LogP contribution in [0.1, 0.15) is 52.8 Å². The molecule has 10 aromatic carbocycles. The van der Waals surface area contributed by atoms with Crippen molar-refractivity contribution in [3.8, 4) is 33.4 Å². The van der Waals surface area contributed by atoms with E-state index in [0.29, 0.717) is 0 Å². The quantitative estimate of drug-likeness (QED) is 0.144. The predicted molar refractivity (Wildman–Crippen MR) is 283 cm³/mol. The van der Waals surface area contributed by atoms with Gasteiger partial charge < -0.3 is 4.90 Å². The molecule has 0 spiro atoms. The number of aryl methyl sites for hydroxylation is 1. The molecule has 0 radical (unpaired) electrons. The smallest absolute Gasteiger partial charge is 0.180 e. The second kappa shape index (κ2) is 14.9. The standard InChI is InChI=1S/C65H49NSi/c1-44-39-49(42-51(40-44)67(50-25-8-5-9-26-50)62-35-18-13-30-56(62)57-31-14-19-36-63(57)67)66(48-37-38-55-52-27-10-15-32-58(52)64(2,3)61(55)43-48)47-24-20-23-46(41-47)65(45-21-6-4-7-22-45)59-33-16-11-28-53(59)54-29-12-17-34-60(54)65/h4-43H,1-3H3. The topological polar surface area (TPSA) is 3.24 Å². The minimum atomic E-state index is -2.81. The van der Waals surface area contributed by atoms with Crippen molar-refractivity contribution in [1.29, 1.82) is 0 Å². The molecule has 10 aromatic rings. The summed E-state index contributed by atoms with van der Waals surface area (Å²) in [6.45, 7) is 7.07. The summed E-state index contributed by atoms with van der Waals surface area (Å²) >= 11 is 0. The Hall–Kier alpha value is -7.78. The van der Waals surface area contributed by atoms with E-state index in [-0.39, 0.29) is 5.41 Å². The van der Waals surface area contributed by atoms with Crippen LogP contribution in [0.15, 0.2) is 243 Å². The van der Waals surface area contributed by atoms with Gasteiger partial charge in [0.25, 0.3) is 0 Å². The third-order valence-electron chi connectivity index (χ3n) is 15.4. The maximum atomic E-state index is 2.56. The van der Waals surface area contributed by atoms with Crippen molar-refractivity contribution in [3.63, 3.8) is 0 Å². The van der Waals surface area contributed by atoms with Crippen LogP contribution in [0, 0.1) is 6.92 Å². The second-order valence-electron chi connectivity index (χ2n) is 19.3. The molecule has 318 valence electrons. The maximum Gasteiger partial charge on any atom is 0.180 e. The first-order valence-electron chi connectivity index (χ1n) is 23.7. The molecule has 1 aliphatic heterocycles. The van der Waals surface area contributed by atoms with E-state index in [1.54, 1.807) is 0 Å². The van der Waals surface area contributed by atoms with Crippen molar-refractivity contribution < 1.29 is 0 Å². The molecule has 0 saturated heterocycles. The lowest BCUT2D eigenvalue weighted by atomic mass is 9.67. The molecule has 0 bridgehead atoms. The van der Waals surface area contributed by atoms with Gasteiger partial charge in [0.1, 0.15) is 0 Å². The fourth-order valence-electron chi connectivity index (χ4n) is 12.7. The zero-order valence-corrected chi connectivity index (χ0v) is 39.0. The zero-order valence-electron chi connectivity index (χ0n) is 38.0. The van der Waals surface area contributed by atoms with Gasteiger partial charge in [-0.2, -0.15) is 0 Å². The average Bonchev–Trinajstić information content (AvgIpc) is 3.94. The summed E-state index contributed by atoms with van der Waals surface area (Å²) in [4.78, 5) is 2.56. The fourth-order valence-corrected chi connectivity index (χ4v) is 18.0. The van der Waals surface area contributed by atoms with Crippen LogP contribution in [0.2, 0.25) is 0 Å². The van der Waals surface area contributed by atoms with E-state index < -0.39 is 13.5 Å². The highest BCUT2D eigenvalue weighted by molar-refractivity contribution is 7.22. The lowest BCUT2D eigenvalue weighted by Crippen LogP contribution is -2.72. The second-order valence-corrected chi connectivity index (χ2v) is 23.0. The van der Waals surface area contributed by atoms with Gasteiger partial charge in [-0.1, -0.05) is 220 Å². The number of rotatable bonds is 7. The molecule has 67 heavy (non-hydrogen) atoms. The average molecular weight is 872 g/mol. The largest absolute Gasteiger partial charge is 0.310 e. The first-order valence-corrected chi connectivity index (χ1v) is 25.7. The highest BCUT2D eigenvalue weighted by Crippen LogP contribution is 2.57. The van der Waals surface area contributed by atoms with Crippen LogP contribution in [0.5, 0.6) is 0 Å². The van der Waals surface area contributed by atoms with Gasteiger partial charge in [0, 0.05) is 22.5 Å². The normalized spacial score (nSPS) is 14.9. The lowest BCUT2D eigenvalue weighted by Gasteiger charge is -2.36. The molecule has 0 N–H and O–H groups in total. The molecule has 13 rings (SSSR count). The molecule has 3 aliphatic rings. The summed E-state index contributed by atoms with van der Waals surface area (Å²) in [5.74, 6) is 0. The number of benzene rings is 10. The van der Waals surface area contributed by atoms with E-state index in [1.165, 1.54) is 93.1 Å². The molecule has 0 atom stereocenters. The minimum absolute atomic E-state index is 0.163. The van der Waals surface area contributed by atoms with Crippen LogP contribution in [0.25, 0.3) is 33.4 Å². The number of anilines is 3. The van der Waals surface area contributed by atoms with Crippen LogP contribution >= 0.6 is 0 Å². The summed E-state index contributed by atoms with van der Waals surface area (Å²) < 4.78 is 0. The lowest BCUT2D eigenvalue weighted by molar-refractivity contribution is 0.660. The van der Waals surface area contributed by atoms with Gasteiger partial charge in [-0.25, -0.2) is 0 Å². The first-order chi connectivity index (χ1) is 32.9. The van der Waals surface area contributed by atoms with Crippen molar-refractivity contribution in [2.45, 2.75) is 31.6 Å². The summed E-state index contributed by atoms with van der Waals surface area (Å²) in [6.07, 6.45) is 0. The van der Waals surface area contributed by atoms with Gasteiger partial charge in [0.05, 0.1) is 5.41 Å². The van der Waals surface area contributed by atoms with Crippen LogP contribution in [-0.4, -0.2) is 8.07 Å². The number of hydrogen-bond acceptors (Lipinski definition) is 1. The Kier molecular flexibility index (Phi) is 8.78. The van der Waals surface area contributed by atoms with Gasteiger partial charge in [-0.3, -0.25) is 0 Å². The van der Waals surface area contributed by atoms with Gasteiger partial charge >= 0.3 is 0 Å². The number of fused-ring (bicyclic) bond motifs is 9. The van der Waals surface area contributed by atoms with Crippen LogP contribution in [0.3, 0.4) is 0 Å². The Morgan fingerprint density at radius 2 is 0.821 bits per heavy atom. The highest BCUT2D eigenvalue weighted by Gasteiger charge is 2.49. The van der Waals surface area contributed by atoms with E-state index in [0.717, 1.165) is 17.1 Å².